The number of pyridine rings is 1. The number of nitrogens with zero attached hydrogens (tertiary/aromatic N) is 3. The first kappa shape index (κ1) is 28.1. The second kappa shape index (κ2) is 10.9. The van der Waals surface area contributed by atoms with E-state index >= 15 is 0 Å². The highest BCUT2D eigenvalue weighted by atomic mass is 35.5. The van der Waals surface area contributed by atoms with Crippen LogP contribution in [0.25, 0.3) is 11.3 Å². The van der Waals surface area contributed by atoms with Crippen LogP contribution in [0.1, 0.15) is 62.6 Å². The number of carbonyl (C=O) groups is 1. The second-order valence-electron chi connectivity index (χ2n) is 10.1. The van der Waals surface area contributed by atoms with Crippen molar-refractivity contribution in [2.45, 2.75) is 65.7 Å². The van der Waals surface area contributed by atoms with E-state index in [1.165, 1.54) is 11.7 Å². The minimum Gasteiger partial charge on any atom is -0.434 e. The molecule has 0 spiro atoms. The molecular weight excluding hydrogens is 507 g/mol. The fraction of sp³-hybridized carbons (Fsp3) is 0.625. The molecule has 200 valence electrons. The number of rotatable bonds is 8. The van der Waals surface area contributed by atoms with Gasteiger partial charge in [0.1, 0.15) is 5.75 Å². The fourth-order valence-corrected chi connectivity index (χ4v) is 4.64. The number of nitrogens with one attached hydrogen (secondary N) is 1. The Hall–Kier alpha value is -2.43. The molecular formula is C24H30ClF5N4O2. The lowest BCUT2D eigenvalue weighted by atomic mass is 9.83. The van der Waals surface area contributed by atoms with Crippen molar-refractivity contribution in [3.63, 3.8) is 0 Å². The smallest absolute Gasteiger partial charge is 0.394 e. The van der Waals surface area contributed by atoms with Crippen LogP contribution in [0, 0.1) is 17.3 Å². The van der Waals surface area contributed by atoms with Gasteiger partial charge in [-0.3, -0.25) is 14.5 Å². The summed E-state index contributed by atoms with van der Waals surface area (Å²) in [4.78, 5) is 16.8. The minimum atomic E-state index is -4.53. The van der Waals surface area contributed by atoms with Crippen LogP contribution in [0.2, 0.25) is 5.02 Å². The van der Waals surface area contributed by atoms with Crippen LogP contribution in [-0.2, 0) is 13.5 Å². The predicted molar refractivity (Wildman–Crippen MR) is 125 cm³/mol. The van der Waals surface area contributed by atoms with E-state index in [2.05, 4.69) is 27.1 Å². The van der Waals surface area contributed by atoms with Gasteiger partial charge in [-0.25, -0.2) is 0 Å². The molecule has 2 aromatic rings. The molecule has 0 aromatic carbocycles. The predicted octanol–water partition coefficient (Wildman–Crippen LogP) is 6.42. The third-order valence-electron chi connectivity index (χ3n) is 6.68. The normalized spacial score (nSPS) is 19.0. The van der Waals surface area contributed by atoms with E-state index in [4.69, 9.17) is 11.6 Å². The van der Waals surface area contributed by atoms with Gasteiger partial charge in [0.2, 0.25) is 0 Å². The number of ether oxygens (including phenoxy) is 1. The van der Waals surface area contributed by atoms with Gasteiger partial charge in [0, 0.05) is 38.0 Å². The summed E-state index contributed by atoms with van der Waals surface area (Å²) in [7, 11) is 1.47. The molecule has 0 saturated heterocycles. The molecule has 3 rings (SSSR count). The highest BCUT2D eigenvalue weighted by Crippen LogP contribution is 2.42. The first-order valence-corrected chi connectivity index (χ1v) is 12.1. The first-order valence-electron chi connectivity index (χ1n) is 11.7. The van der Waals surface area contributed by atoms with Crippen LogP contribution >= 0.6 is 11.6 Å². The van der Waals surface area contributed by atoms with Crippen LogP contribution in [0.5, 0.6) is 5.75 Å². The molecule has 0 bridgehead atoms. The van der Waals surface area contributed by atoms with Gasteiger partial charge in [0.25, 0.3) is 5.91 Å². The van der Waals surface area contributed by atoms with Crippen LogP contribution in [0.15, 0.2) is 12.3 Å². The molecule has 6 nitrogen and oxygen atoms in total. The Morgan fingerprint density at radius 2 is 1.89 bits per heavy atom. The van der Waals surface area contributed by atoms with Crippen molar-refractivity contribution >= 4 is 17.5 Å². The van der Waals surface area contributed by atoms with Crippen molar-refractivity contribution in [2.75, 3.05) is 6.54 Å². The maximum Gasteiger partial charge on any atom is 0.394 e. The lowest BCUT2D eigenvalue weighted by Crippen LogP contribution is -2.34. The number of alkyl halides is 5. The van der Waals surface area contributed by atoms with Gasteiger partial charge in [-0.2, -0.15) is 27.1 Å². The quantitative estimate of drug-likeness (QED) is 0.395. The monoisotopic (exact) mass is 536 g/mol. The van der Waals surface area contributed by atoms with Crippen molar-refractivity contribution in [1.82, 2.24) is 20.1 Å². The molecule has 12 heteroatoms. The zero-order valence-electron chi connectivity index (χ0n) is 20.6. The van der Waals surface area contributed by atoms with Crippen molar-refractivity contribution in [3.8, 4) is 17.0 Å². The molecule has 2 aromatic heterocycles. The van der Waals surface area contributed by atoms with Crippen molar-refractivity contribution in [2.24, 2.45) is 24.3 Å². The minimum absolute atomic E-state index is 0.0239. The van der Waals surface area contributed by atoms with Gasteiger partial charge in [0.05, 0.1) is 21.7 Å². The number of aryl methyl sites for hydroxylation is 1. The van der Waals surface area contributed by atoms with Crippen LogP contribution in [0.3, 0.4) is 0 Å². The Morgan fingerprint density at radius 1 is 1.25 bits per heavy atom. The average Bonchev–Trinajstić information content (AvgIpc) is 3.06. The van der Waals surface area contributed by atoms with E-state index in [0.717, 1.165) is 51.8 Å². The molecule has 1 saturated carbocycles. The van der Waals surface area contributed by atoms with Gasteiger partial charge in [-0.1, -0.05) is 45.2 Å². The third-order valence-corrected chi connectivity index (χ3v) is 7.03. The van der Waals surface area contributed by atoms with E-state index in [0.29, 0.717) is 18.4 Å². The summed E-state index contributed by atoms with van der Waals surface area (Å²) in [6.07, 6.45) is 0.257. The van der Waals surface area contributed by atoms with Crippen LogP contribution < -0.4 is 10.1 Å². The summed E-state index contributed by atoms with van der Waals surface area (Å²) in [5.41, 5.74) is -2.27. The third kappa shape index (κ3) is 6.46. The number of amides is 1. The lowest BCUT2D eigenvalue weighted by Gasteiger charge is -2.27. The van der Waals surface area contributed by atoms with Gasteiger partial charge < -0.3 is 10.1 Å². The van der Waals surface area contributed by atoms with Gasteiger partial charge in [0.15, 0.2) is 5.69 Å². The maximum absolute atomic E-state index is 13.3. The highest BCUT2D eigenvalue weighted by Gasteiger charge is 2.47. The Balaban J connectivity index is 1.87. The van der Waals surface area contributed by atoms with E-state index in [1.54, 1.807) is 0 Å². The number of halogens is 6. The standard InChI is InChI=1S/C24H30ClF5N4O2/c1-13-5-7-14(8-6-13)11-32-21(35)19-18(25)20(34(4)33-19)16-12-31-15(9-17(16)36-22(26)27)10-23(2,3)24(28,29)30/h9,12-14,22H,5-8,10-11H2,1-4H3,(H,32,35). The molecule has 0 radical (unpaired) electrons. The maximum atomic E-state index is 13.3. The molecule has 0 unspecified atom stereocenters. The highest BCUT2D eigenvalue weighted by molar-refractivity contribution is 6.36. The Labute approximate surface area is 211 Å². The molecule has 36 heavy (non-hydrogen) atoms. The molecule has 1 amide bonds. The molecule has 1 aliphatic carbocycles. The molecule has 1 N–H and O–H groups in total. The summed E-state index contributed by atoms with van der Waals surface area (Å²) in [5, 5.41) is 6.89. The average molecular weight is 537 g/mol. The topological polar surface area (TPSA) is 69.0 Å². The molecule has 1 aliphatic rings. The largest absolute Gasteiger partial charge is 0.434 e. The lowest BCUT2D eigenvalue weighted by molar-refractivity contribution is -0.211. The molecule has 0 atom stereocenters. The summed E-state index contributed by atoms with van der Waals surface area (Å²) in [6.45, 7) is 1.41. The number of aromatic nitrogens is 3. The zero-order chi connectivity index (χ0) is 26.8. The van der Waals surface area contributed by atoms with Crippen LogP contribution in [-0.4, -0.2) is 40.0 Å². The van der Waals surface area contributed by atoms with Crippen LogP contribution in [0.4, 0.5) is 22.0 Å². The number of hydrogen-bond donors (Lipinski definition) is 1. The summed E-state index contributed by atoms with van der Waals surface area (Å²) in [6, 6.07) is 1.03. The van der Waals surface area contributed by atoms with Crippen molar-refractivity contribution in [3.05, 3.63) is 28.7 Å². The van der Waals surface area contributed by atoms with Gasteiger partial charge in [-0.05, 0) is 24.7 Å². The fourth-order valence-electron chi connectivity index (χ4n) is 4.29. The molecule has 1 fully saturated rings. The first-order chi connectivity index (χ1) is 16.7. The zero-order valence-corrected chi connectivity index (χ0v) is 21.3. The molecule has 2 heterocycles. The number of hydrogen-bond acceptors (Lipinski definition) is 4. The Morgan fingerprint density at radius 3 is 2.47 bits per heavy atom. The van der Waals surface area contributed by atoms with E-state index in [-0.39, 0.29) is 27.7 Å². The molecule has 0 aliphatic heterocycles. The van der Waals surface area contributed by atoms with Crippen molar-refractivity contribution in [1.29, 1.82) is 0 Å². The van der Waals surface area contributed by atoms with Gasteiger partial charge >= 0.3 is 12.8 Å². The van der Waals surface area contributed by atoms with Crippen molar-refractivity contribution < 1.29 is 31.5 Å². The van der Waals surface area contributed by atoms with E-state index < -0.39 is 36.3 Å². The Kier molecular flexibility index (Phi) is 8.52. The summed E-state index contributed by atoms with van der Waals surface area (Å²) in [5.74, 6) is 0.110. The van der Waals surface area contributed by atoms with E-state index in [1.807, 2.05) is 0 Å². The summed E-state index contributed by atoms with van der Waals surface area (Å²) < 4.78 is 72.1. The second-order valence-corrected chi connectivity index (χ2v) is 10.5. The number of carbonyl (C=O) groups excluding carboxylic acids is 1. The Bertz CT molecular complexity index is 1080. The summed E-state index contributed by atoms with van der Waals surface area (Å²) >= 11 is 6.45. The van der Waals surface area contributed by atoms with E-state index in [9.17, 15) is 26.7 Å². The van der Waals surface area contributed by atoms with Gasteiger partial charge in [-0.15, -0.1) is 0 Å². The SMILES string of the molecule is CC1CCC(CNC(=O)c2nn(C)c(-c3cnc(CC(C)(C)C(F)(F)F)cc3OC(F)F)c2Cl)CC1.